The minimum Gasteiger partial charge on any atom is -0.289 e. The first-order valence-electron chi connectivity index (χ1n) is 5.88. The highest BCUT2D eigenvalue weighted by molar-refractivity contribution is 6.04. The molecular formula is C16H16O. The Morgan fingerprint density at radius 1 is 1.29 bits per heavy atom. The van der Waals surface area contributed by atoms with E-state index in [1.54, 1.807) is 6.08 Å². The monoisotopic (exact) mass is 224 g/mol. The van der Waals surface area contributed by atoms with E-state index >= 15 is 0 Å². The average molecular weight is 224 g/mol. The van der Waals surface area contributed by atoms with Crippen molar-refractivity contribution in [2.24, 2.45) is 5.92 Å². The molecule has 0 heterocycles. The van der Waals surface area contributed by atoms with Crippen molar-refractivity contribution < 1.29 is 4.79 Å². The van der Waals surface area contributed by atoms with Crippen LogP contribution in [0.2, 0.25) is 0 Å². The highest BCUT2D eigenvalue weighted by Crippen LogP contribution is 2.17. The summed E-state index contributed by atoms with van der Waals surface area (Å²) in [4.78, 5) is 11.8. The predicted octanol–water partition coefficient (Wildman–Crippen LogP) is 3.95. The van der Waals surface area contributed by atoms with Crippen LogP contribution in [0, 0.1) is 5.92 Å². The van der Waals surface area contributed by atoms with E-state index < -0.39 is 0 Å². The minimum atomic E-state index is 0.0743. The zero-order valence-corrected chi connectivity index (χ0v) is 9.97. The molecule has 0 aromatic heterocycles. The molecule has 0 spiro atoms. The van der Waals surface area contributed by atoms with E-state index in [-0.39, 0.29) is 5.78 Å². The summed E-state index contributed by atoms with van der Waals surface area (Å²) in [6, 6.07) is 9.36. The van der Waals surface area contributed by atoms with Gasteiger partial charge in [-0.2, -0.15) is 0 Å². The smallest absolute Gasteiger partial charge is 0.185 e. The lowest BCUT2D eigenvalue weighted by Gasteiger charge is -2.09. The van der Waals surface area contributed by atoms with Crippen molar-refractivity contribution >= 4 is 5.78 Å². The summed E-state index contributed by atoms with van der Waals surface area (Å²) in [5.74, 6) is 0.427. The van der Waals surface area contributed by atoms with Gasteiger partial charge in [0.25, 0.3) is 0 Å². The summed E-state index contributed by atoms with van der Waals surface area (Å²) in [6.07, 6.45) is 11.1. The van der Waals surface area contributed by atoms with Gasteiger partial charge in [-0.3, -0.25) is 4.79 Å². The zero-order valence-electron chi connectivity index (χ0n) is 9.97. The molecule has 1 heteroatoms. The van der Waals surface area contributed by atoms with Gasteiger partial charge in [-0.05, 0) is 25.3 Å². The highest BCUT2D eigenvalue weighted by atomic mass is 16.1. The molecule has 1 atom stereocenters. The van der Waals surface area contributed by atoms with E-state index in [9.17, 15) is 4.79 Å². The Bertz CT molecular complexity index is 478. The average Bonchev–Trinajstić information content (AvgIpc) is 2.39. The molecule has 1 aliphatic carbocycles. The molecule has 0 radical (unpaired) electrons. The van der Waals surface area contributed by atoms with E-state index in [1.165, 1.54) is 5.57 Å². The van der Waals surface area contributed by atoms with Crippen LogP contribution in [0.4, 0.5) is 0 Å². The van der Waals surface area contributed by atoms with Gasteiger partial charge in [0.2, 0.25) is 0 Å². The van der Waals surface area contributed by atoms with Crippen LogP contribution in [0.15, 0.2) is 66.3 Å². The van der Waals surface area contributed by atoms with Crippen LogP contribution < -0.4 is 0 Å². The van der Waals surface area contributed by atoms with Crippen molar-refractivity contribution in [3.63, 3.8) is 0 Å². The molecular weight excluding hydrogens is 208 g/mol. The van der Waals surface area contributed by atoms with E-state index in [2.05, 4.69) is 25.2 Å². The molecule has 17 heavy (non-hydrogen) atoms. The van der Waals surface area contributed by atoms with Gasteiger partial charge in [-0.15, -0.1) is 0 Å². The Morgan fingerprint density at radius 3 is 2.71 bits per heavy atom. The second-order valence-corrected chi connectivity index (χ2v) is 4.30. The standard InChI is InChI=1S/C16H16O/c1-13-7-9-14(10-8-13)11-12-16(17)15-5-3-2-4-6-15/h2-9,11-12,14H,10H2,1H3. The molecule has 0 saturated heterocycles. The Morgan fingerprint density at radius 2 is 2.06 bits per heavy atom. The summed E-state index contributed by atoms with van der Waals surface area (Å²) in [5.41, 5.74) is 2.04. The highest BCUT2D eigenvalue weighted by Gasteiger charge is 2.05. The maximum atomic E-state index is 11.8. The third-order valence-corrected chi connectivity index (χ3v) is 2.87. The number of carbonyl (C=O) groups is 1. The Kier molecular flexibility index (Phi) is 3.71. The summed E-state index contributed by atoms with van der Waals surface area (Å²) >= 11 is 0. The van der Waals surface area contributed by atoms with Crippen molar-refractivity contribution in [1.29, 1.82) is 0 Å². The Balaban J connectivity index is 1.98. The summed E-state index contributed by atoms with van der Waals surface area (Å²) in [6.45, 7) is 2.09. The zero-order chi connectivity index (χ0) is 12.1. The quantitative estimate of drug-likeness (QED) is 0.561. The second kappa shape index (κ2) is 5.44. The number of ketones is 1. The van der Waals surface area contributed by atoms with E-state index in [4.69, 9.17) is 0 Å². The van der Waals surface area contributed by atoms with Gasteiger partial charge < -0.3 is 0 Å². The van der Waals surface area contributed by atoms with Crippen LogP contribution in [0.3, 0.4) is 0 Å². The second-order valence-electron chi connectivity index (χ2n) is 4.30. The molecule has 2 rings (SSSR count). The third-order valence-electron chi connectivity index (χ3n) is 2.87. The van der Waals surface area contributed by atoms with Gasteiger partial charge >= 0.3 is 0 Å². The predicted molar refractivity (Wildman–Crippen MR) is 70.9 cm³/mol. The van der Waals surface area contributed by atoms with Crippen LogP contribution in [0.5, 0.6) is 0 Å². The third kappa shape index (κ3) is 3.28. The number of hydrogen-bond donors (Lipinski definition) is 0. The normalized spacial score (nSPS) is 19.4. The van der Waals surface area contributed by atoms with Crippen LogP contribution >= 0.6 is 0 Å². The number of carbonyl (C=O) groups excluding carboxylic acids is 1. The maximum Gasteiger partial charge on any atom is 0.185 e. The topological polar surface area (TPSA) is 17.1 Å². The minimum absolute atomic E-state index is 0.0743. The first-order valence-corrected chi connectivity index (χ1v) is 5.88. The summed E-state index contributed by atoms with van der Waals surface area (Å²) in [5, 5.41) is 0. The molecule has 0 bridgehead atoms. The van der Waals surface area contributed by atoms with Gasteiger partial charge in [0.05, 0.1) is 0 Å². The summed E-state index contributed by atoms with van der Waals surface area (Å²) in [7, 11) is 0. The van der Waals surface area contributed by atoms with Crippen molar-refractivity contribution in [1.82, 2.24) is 0 Å². The van der Waals surface area contributed by atoms with Gasteiger partial charge in [0.1, 0.15) is 0 Å². The van der Waals surface area contributed by atoms with Gasteiger partial charge in [0, 0.05) is 5.56 Å². The SMILES string of the molecule is CC1=CCC(C=CC(=O)c2ccccc2)C=C1. The molecule has 0 aliphatic heterocycles. The number of allylic oxidation sites excluding steroid dienone is 6. The van der Waals surface area contributed by atoms with Gasteiger partial charge in [0.15, 0.2) is 5.78 Å². The fourth-order valence-corrected chi connectivity index (χ4v) is 1.80. The van der Waals surface area contributed by atoms with Crippen LogP contribution in [-0.2, 0) is 0 Å². The molecule has 1 unspecified atom stereocenters. The first kappa shape index (κ1) is 11.6. The number of benzene rings is 1. The summed E-state index contributed by atoms with van der Waals surface area (Å²) < 4.78 is 0. The van der Waals surface area contributed by atoms with Crippen molar-refractivity contribution in [3.8, 4) is 0 Å². The van der Waals surface area contributed by atoms with Gasteiger partial charge in [-0.25, -0.2) is 0 Å². The molecule has 1 aromatic carbocycles. The van der Waals surface area contributed by atoms with Crippen molar-refractivity contribution in [2.75, 3.05) is 0 Å². The Labute approximate surface area is 102 Å². The molecule has 86 valence electrons. The van der Waals surface area contributed by atoms with Crippen LogP contribution in [-0.4, -0.2) is 5.78 Å². The van der Waals surface area contributed by atoms with E-state index in [0.29, 0.717) is 5.92 Å². The fraction of sp³-hybridized carbons (Fsp3) is 0.188. The Hall–Kier alpha value is -1.89. The number of hydrogen-bond acceptors (Lipinski definition) is 1. The molecule has 0 amide bonds. The van der Waals surface area contributed by atoms with E-state index in [0.717, 1.165) is 12.0 Å². The van der Waals surface area contributed by atoms with Crippen molar-refractivity contribution in [3.05, 3.63) is 71.8 Å². The number of rotatable bonds is 3. The fourth-order valence-electron chi connectivity index (χ4n) is 1.80. The molecule has 0 saturated carbocycles. The van der Waals surface area contributed by atoms with E-state index in [1.807, 2.05) is 36.4 Å². The lowest BCUT2D eigenvalue weighted by atomic mass is 9.96. The lowest BCUT2D eigenvalue weighted by Crippen LogP contribution is -1.98. The molecule has 1 aromatic rings. The lowest BCUT2D eigenvalue weighted by molar-refractivity contribution is 0.104. The maximum absolute atomic E-state index is 11.8. The van der Waals surface area contributed by atoms with Crippen LogP contribution in [0.1, 0.15) is 23.7 Å². The molecule has 1 aliphatic rings. The first-order chi connectivity index (χ1) is 8.25. The van der Waals surface area contributed by atoms with Crippen molar-refractivity contribution in [2.45, 2.75) is 13.3 Å². The largest absolute Gasteiger partial charge is 0.289 e. The molecule has 0 N–H and O–H groups in total. The molecule has 1 nitrogen and oxygen atoms in total. The molecule has 0 fully saturated rings. The van der Waals surface area contributed by atoms with Crippen LogP contribution in [0.25, 0.3) is 0 Å². The van der Waals surface area contributed by atoms with Gasteiger partial charge in [-0.1, -0.05) is 60.2 Å².